The molecule has 6 nitrogen and oxygen atoms in total. The van der Waals surface area contributed by atoms with E-state index in [4.69, 9.17) is 0 Å². The summed E-state index contributed by atoms with van der Waals surface area (Å²) < 4.78 is 4.65. The van der Waals surface area contributed by atoms with Crippen LogP contribution in [0.3, 0.4) is 0 Å². The van der Waals surface area contributed by atoms with Gasteiger partial charge in [-0.2, -0.15) is 0 Å². The molecule has 1 aliphatic rings. The predicted molar refractivity (Wildman–Crippen MR) is 63.7 cm³/mol. The normalized spacial score (nSPS) is 20.2. The summed E-state index contributed by atoms with van der Waals surface area (Å²) in [6, 6.07) is 0.382. The van der Waals surface area contributed by atoms with Crippen molar-refractivity contribution >= 4 is 12.0 Å². The van der Waals surface area contributed by atoms with Gasteiger partial charge >= 0.3 is 6.09 Å². The third kappa shape index (κ3) is 4.70. The molecule has 2 N–H and O–H groups in total. The van der Waals surface area contributed by atoms with E-state index >= 15 is 0 Å². The molecule has 1 atom stereocenters. The molecule has 0 radical (unpaired) electrons. The number of hydrogen-bond acceptors (Lipinski definition) is 5. The second-order valence-corrected chi connectivity index (χ2v) is 4.09. The Morgan fingerprint density at radius 1 is 1.47 bits per heavy atom. The maximum Gasteiger partial charge on any atom is 0.413 e. The van der Waals surface area contributed by atoms with E-state index in [9.17, 15) is 9.59 Å². The number of likely N-dealkylation sites (tertiary alicyclic amines) is 1. The number of carbonyl (C=O) groups excluding carboxylic acids is 2. The van der Waals surface area contributed by atoms with E-state index in [0.717, 1.165) is 25.9 Å². The molecule has 1 unspecified atom stereocenters. The minimum atomic E-state index is -0.665. The summed E-state index contributed by atoms with van der Waals surface area (Å²) in [7, 11) is 1.90. The molecule has 0 spiro atoms. The fourth-order valence-electron chi connectivity index (χ4n) is 2.08. The van der Waals surface area contributed by atoms with E-state index in [0.29, 0.717) is 6.04 Å². The van der Waals surface area contributed by atoms with E-state index in [2.05, 4.69) is 20.3 Å². The first kappa shape index (κ1) is 13.9. The number of amides is 2. The standard InChI is InChI=1S/C11H21N3O3/c1-3-17-11(16)13-10(15)8-14-6-4-5-9(14)7-12-2/h9,12H,3-8H2,1-2H3,(H,13,15,16). The Kier molecular flexibility index (Phi) is 5.93. The zero-order valence-corrected chi connectivity index (χ0v) is 10.5. The van der Waals surface area contributed by atoms with Gasteiger partial charge in [0.1, 0.15) is 0 Å². The van der Waals surface area contributed by atoms with Crippen molar-refractivity contribution in [1.29, 1.82) is 0 Å². The predicted octanol–water partition coefficient (Wildman–Crippen LogP) is -0.0571. The first-order chi connectivity index (χ1) is 8.17. The summed E-state index contributed by atoms with van der Waals surface area (Å²) in [6.07, 6.45) is 1.52. The molecule has 2 amide bonds. The average molecular weight is 243 g/mol. The van der Waals surface area contributed by atoms with Crippen molar-refractivity contribution in [3.63, 3.8) is 0 Å². The number of nitrogens with zero attached hydrogens (tertiary/aromatic N) is 1. The zero-order chi connectivity index (χ0) is 12.7. The number of likely N-dealkylation sites (N-methyl/N-ethyl adjacent to an activating group) is 1. The quantitative estimate of drug-likeness (QED) is 0.708. The van der Waals surface area contributed by atoms with Crippen molar-refractivity contribution in [2.45, 2.75) is 25.8 Å². The highest BCUT2D eigenvalue weighted by molar-refractivity contribution is 5.92. The van der Waals surface area contributed by atoms with Crippen molar-refractivity contribution in [3.8, 4) is 0 Å². The van der Waals surface area contributed by atoms with Gasteiger partial charge in [-0.25, -0.2) is 4.79 Å². The van der Waals surface area contributed by atoms with E-state index < -0.39 is 6.09 Å². The number of alkyl carbamates (subject to hydrolysis) is 1. The maximum atomic E-state index is 11.6. The minimum Gasteiger partial charge on any atom is -0.450 e. The molecule has 1 aliphatic heterocycles. The van der Waals surface area contributed by atoms with Gasteiger partial charge in [0.25, 0.3) is 0 Å². The molecule has 0 saturated carbocycles. The molecule has 98 valence electrons. The molecule has 1 heterocycles. The Morgan fingerprint density at radius 3 is 2.88 bits per heavy atom. The Morgan fingerprint density at radius 2 is 2.24 bits per heavy atom. The van der Waals surface area contributed by atoms with Crippen molar-refractivity contribution in [3.05, 3.63) is 0 Å². The number of hydrogen-bond donors (Lipinski definition) is 2. The van der Waals surface area contributed by atoms with E-state index in [-0.39, 0.29) is 19.1 Å². The Balaban J connectivity index is 2.32. The molecule has 6 heteroatoms. The molecule has 1 rings (SSSR count). The molecular formula is C11H21N3O3. The fraction of sp³-hybridized carbons (Fsp3) is 0.818. The number of rotatable bonds is 5. The maximum absolute atomic E-state index is 11.6. The largest absolute Gasteiger partial charge is 0.450 e. The summed E-state index contributed by atoms with van der Waals surface area (Å²) in [5.41, 5.74) is 0. The van der Waals surface area contributed by atoms with Gasteiger partial charge in [0.15, 0.2) is 0 Å². The second-order valence-electron chi connectivity index (χ2n) is 4.09. The smallest absolute Gasteiger partial charge is 0.413 e. The Hall–Kier alpha value is -1.14. The van der Waals surface area contributed by atoms with Crippen molar-refractivity contribution in [2.24, 2.45) is 0 Å². The Bertz CT molecular complexity index is 271. The highest BCUT2D eigenvalue weighted by atomic mass is 16.5. The monoisotopic (exact) mass is 243 g/mol. The van der Waals surface area contributed by atoms with Crippen molar-refractivity contribution in [2.75, 3.05) is 33.3 Å². The summed E-state index contributed by atoms with van der Waals surface area (Å²) in [4.78, 5) is 24.7. The van der Waals surface area contributed by atoms with Gasteiger partial charge in [-0.1, -0.05) is 0 Å². The van der Waals surface area contributed by atoms with E-state index in [1.54, 1.807) is 6.92 Å². The van der Waals surface area contributed by atoms with Crippen LogP contribution in [0.15, 0.2) is 0 Å². The fourth-order valence-corrected chi connectivity index (χ4v) is 2.08. The molecule has 0 aliphatic carbocycles. The summed E-state index contributed by atoms with van der Waals surface area (Å²) in [5.74, 6) is -0.300. The van der Waals surface area contributed by atoms with Crippen LogP contribution >= 0.6 is 0 Å². The lowest BCUT2D eigenvalue weighted by Crippen LogP contribution is -2.44. The van der Waals surface area contributed by atoms with Crippen LogP contribution in [-0.4, -0.2) is 56.2 Å². The summed E-state index contributed by atoms with van der Waals surface area (Å²) >= 11 is 0. The van der Waals surface area contributed by atoms with Crippen LogP contribution in [0.4, 0.5) is 4.79 Å². The van der Waals surface area contributed by atoms with Crippen molar-refractivity contribution < 1.29 is 14.3 Å². The highest BCUT2D eigenvalue weighted by Gasteiger charge is 2.25. The van der Waals surface area contributed by atoms with Gasteiger partial charge in [-0.3, -0.25) is 15.0 Å². The van der Waals surface area contributed by atoms with Crippen LogP contribution in [0.25, 0.3) is 0 Å². The number of nitrogens with one attached hydrogen (secondary N) is 2. The molecule has 0 aromatic carbocycles. The van der Waals surface area contributed by atoms with Gasteiger partial charge in [0.2, 0.25) is 5.91 Å². The van der Waals surface area contributed by atoms with E-state index in [1.165, 1.54) is 0 Å². The van der Waals surface area contributed by atoms with Gasteiger partial charge in [-0.15, -0.1) is 0 Å². The van der Waals surface area contributed by atoms with E-state index in [1.807, 2.05) is 7.05 Å². The number of imide groups is 1. The lowest BCUT2D eigenvalue weighted by Gasteiger charge is -2.23. The summed E-state index contributed by atoms with van der Waals surface area (Å²) in [6.45, 7) is 4.00. The SMILES string of the molecule is CCOC(=O)NC(=O)CN1CCCC1CNC. The van der Waals surface area contributed by atoms with Gasteiger partial charge in [0, 0.05) is 12.6 Å². The van der Waals surface area contributed by atoms with Crippen LogP contribution in [0, 0.1) is 0 Å². The molecule has 1 fully saturated rings. The molecule has 0 aromatic heterocycles. The first-order valence-electron chi connectivity index (χ1n) is 6.02. The topological polar surface area (TPSA) is 70.7 Å². The minimum absolute atomic E-state index is 0.255. The van der Waals surface area contributed by atoms with Gasteiger partial charge < -0.3 is 10.1 Å². The molecule has 0 bridgehead atoms. The second kappa shape index (κ2) is 7.24. The molecule has 1 saturated heterocycles. The lowest BCUT2D eigenvalue weighted by molar-refractivity contribution is -0.121. The Labute approximate surface area is 102 Å². The zero-order valence-electron chi connectivity index (χ0n) is 10.5. The van der Waals surface area contributed by atoms with Gasteiger partial charge in [-0.05, 0) is 33.4 Å². The molecule has 0 aromatic rings. The first-order valence-corrected chi connectivity index (χ1v) is 6.02. The third-order valence-corrected chi connectivity index (χ3v) is 2.80. The molecule has 17 heavy (non-hydrogen) atoms. The lowest BCUT2D eigenvalue weighted by atomic mass is 10.2. The average Bonchev–Trinajstić information content (AvgIpc) is 2.66. The van der Waals surface area contributed by atoms with Crippen molar-refractivity contribution in [1.82, 2.24) is 15.5 Å². The van der Waals surface area contributed by atoms with Crippen LogP contribution < -0.4 is 10.6 Å². The highest BCUT2D eigenvalue weighted by Crippen LogP contribution is 2.15. The van der Waals surface area contributed by atoms with Gasteiger partial charge in [0.05, 0.1) is 13.2 Å². The van der Waals surface area contributed by atoms with Crippen LogP contribution in [0.2, 0.25) is 0 Å². The van der Waals surface area contributed by atoms with Crippen LogP contribution in [0.5, 0.6) is 0 Å². The third-order valence-electron chi connectivity index (χ3n) is 2.80. The van der Waals surface area contributed by atoms with Crippen LogP contribution in [0.1, 0.15) is 19.8 Å². The number of ether oxygens (including phenoxy) is 1. The summed E-state index contributed by atoms with van der Waals surface area (Å²) in [5, 5.41) is 5.32. The molecular weight excluding hydrogens is 222 g/mol. The van der Waals surface area contributed by atoms with Crippen LogP contribution in [-0.2, 0) is 9.53 Å². The number of carbonyl (C=O) groups is 2.